The fourth-order valence-electron chi connectivity index (χ4n) is 2.12. The van der Waals surface area contributed by atoms with Gasteiger partial charge in [-0.1, -0.05) is 24.3 Å². The fraction of sp³-hybridized carbons (Fsp3) is 0.188. The van der Waals surface area contributed by atoms with Gasteiger partial charge in [-0.25, -0.2) is 13.6 Å². The molecule has 2 rings (SSSR count). The van der Waals surface area contributed by atoms with Gasteiger partial charge in [-0.05, 0) is 30.8 Å². The van der Waals surface area contributed by atoms with Crippen LogP contribution in [0.25, 0.3) is 0 Å². The lowest BCUT2D eigenvalue weighted by Crippen LogP contribution is -2.18. The van der Waals surface area contributed by atoms with Crippen molar-refractivity contribution in [1.29, 1.82) is 0 Å². The number of benzene rings is 2. The van der Waals surface area contributed by atoms with Crippen molar-refractivity contribution in [3.05, 3.63) is 70.8 Å². The lowest BCUT2D eigenvalue weighted by atomic mass is 10.1. The first-order valence-corrected chi connectivity index (χ1v) is 6.41. The zero-order chi connectivity index (χ0) is 15.4. The summed E-state index contributed by atoms with van der Waals surface area (Å²) in [6, 6.07) is 10.4. The smallest absolute Gasteiger partial charge is 0.338 e. The number of halogens is 2. The van der Waals surface area contributed by atoms with Crippen LogP contribution in [-0.4, -0.2) is 23.0 Å². The Bertz CT molecular complexity index is 641. The van der Waals surface area contributed by atoms with Crippen molar-refractivity contribution in [2.24, 2.45) is 0 Å². The van der Waals surface area contributed by atoms with Gasteiger partial charge in [0.25, 0.3) is 0 Å². The monoisotopic (exact) mass is 291 g/mol. The van der Waals surface area contributed by atoms with Crippen molar-refractivity contribution in [2.45, 2.75) is 13.1 Å². The van der Waals surface area contributed by atoms with E-state index in [4.69, 9.17) is 5.11 Å². The Hall–Kier alpha value is -2.27. The van der Waals surface area contributed by atoms with Gasteiger partial charge in [-0.3, -0.25) is 4.90 Å². The lowest BCUT2D eigenvalue weighted by molar-refractivity contribution is 0.0691. The van der Waals surface area contributed by atoms with E-state index in [-0.39, 0.29) is 17.9 Å². The molecular weight excluding hydrogens is 276 g/mol. The first-order chi connectivity index (χ1) is 9.97. The minimum absolute atomic E-state index is 0.268. The molecule has 0 spiro atoms. The van der Waals surface area contributed by atoms with E-state index in [1.54, 1.807) is 25.2 Å². The van der Waals surface area contributed by atoms with Crippen molar-refractivity contribution in [3.63, 3.8) is 0 Å². The molecule has 5 heteroatoms. The van der Waals surface area contributed by atoms with Crippen LogP contribution in [0, 0.1) is 11.6 Å². The standard InChI is InChI=1S/C16H15F2NO2/c1-19(9-11-5-7-13(17)8-6-11)10-12-3-2-4-14(15(12)18)16(20)21/h2-8H,9-10H2,1H3,(H,20,21). The van der Waals surface area contributed by atoms with E-state index in [9.17, 15) is 13.6 Å². The zero-order valence-corrected chi connectivity index (χ0v) is 11.5. The molecule has 3 nitrogen and oxygen atoms in total. The number of nitrogens with zero attached hydrogens (tertiary/aromatic N) is 1. The van der Waals surface area contributed by atoms with Gasteiger partial charge in [-0.15, -0.1) is 0 Å². The largest absolute Gasteiger partial charge is 0.478 e. The van der Waals surface area contributed by atoms with Gasteiger partial charge in [0.15, 0.2) is 0 Å². The highest BCUT2D eigenvalue weighted by Gasteiger charge is 2.14. The van der Waals surface area contributed by atoms with Crippen molar-refractivity contribution < 1.29 is 18.7 Å². The normalized spacial score (nSPS) is 10.9. The SMILES string of the molecule is CN(Cc1ccc(F)cc1)Cc1cccc(C(=O)O)c1F. The van der Waals surface area contributed by atoms with Crippen LogP contribution in [-0.2, 0) is 13.1 Å². The van der Waals surface area contributed by atoms with Crippen LogP contribution in [0.4, 0.5) is 8.78 Å². The average molecular weight is 291 g/mol. The number of aromatic carboxylic acids is 1. The lowest BCUT2D eigenvalue weighted by Gasteiger charge is -2.17. The second kappa shape index (κ2) is 6.45. The van der Waals surface area contributed by atoms with E-state index in [1.807, 2.05) is 4.90 Å². The molecule has 0 radical (unpaired) electrons. The number of rotatable bonds is 5. The summed E-state index contributed by atoms with van der Waals surface area (Å²) in [6.45, 7) is 0.779. The highest BCUT2D eigenvalue weighted by molar-refractivity contribution is 5.88. The molecule has 0 heterocycles. The predicted octanol–water partition coefficient (Wildman–Crippen LogP) is 3.30. The summed E-state index contributed by atoms with van der Waals surface area (Å²) < 4.78 is 26.8. The molecule has 110 valence electrons. The molecule has 0 saturated carbocycles. The van der Waals surface area contributed by atoms with Crippen molar-refractivity contribution in [1.82, 2.24) is 4.90 Å². The van der Waals surface area contributed by atoms with Crippen LogP contribution in [0.1, 0.15) is 21.5 Å². The Morgan fingerprint density at radius 2 is 1.76 bits per heavy atom. The molecule has 0 aliphatic heterocycles. The topological polar surface area (TPSA) is 40.5 Å². The summed E-state index contributed by atoms with van der Waals surface area (Å²) in [7, 11) is 1.79. The van der Waals surface area contributed by atoms with Gasteiger partial charge in [0, 0.05) is 18.7 Å². The molecule has 0 saturated heterocycles. The zero-order valence-electron chi connectivity index (χ0n) is 11.5. The summed E-state index contributed by atoms with van der Waals surface area (Å²) in [5, 5.41) is 8.90. The molecule has 0 bridgehead atoms. The van der Waals surface area contributed by atoms with Gasteiger partial charge in [0.05, 0.1) is 5.56 Å². The number of hydrogen-bond donors (Lipinski definition) is 1. The molecule has 21 heavy (non-hydrogen) atoms. The fourth-order valence-corrected chi connectivity index (χ4v) is 2.12. The quantitative estimate of drug-likeness (QED) is 0.919. The Labute approximate surface area is 121 Å². The third kappa shape index (κ3) is 3.86. The second-order valence-electron chi connectivity index (χ2n) is 4.88. The summed E-state index contributed by atoms with van der Waals surface area (Å²) in [5.74, 6) is -2.30. The average Bonchev–Trinajstić information content (AvgIpc) is 2.43. The van der Waals surface area contributed by atoms with Crippen LogP contribution >= 0.6 is 0 Å². The predicted molar refractivity (Wildman–Crippen MR) is 74.9 cm³/mol. The summed E-state index contributed by atoms with van der Waals surface area (Å²) in [6.07, 6.45) is 0. The van der Waals surface area contributed by atoms with Crippen LogP contribution in [0.3, 0.4) is 0 Å². The molecule has 1 N–H and O–H groups in total. The van der Waals surface area contributed by atoms with Crippen LogP contribution in [0.2, 0.25) is 0 Å². The van der Waals surface area contributed by atoms with Gasteiger partial charge < -0.3 is 5.11 Å². The summed E-state index contributed by atoms with van der Waals surface area (Å²) in [4.78, 5) is 12.7. The Balaban J connectivity index is 2.09. The Morgan fingerprint density at radius 3 is 2.38 bits per heavy atom. The highest BCUT2D eigenvalue weighted by atomic mass is 19.1. The molecule has 2 aromatic carbocycles. The maximum atomic E-state index is 14.0. The highest BCUT2D eigenvalue weighted by Crippen LogP contribution is 2.16. The van der Waals surface area contributed by atoms with E-state index in [0.717, 1.165) is 5.56 Å². The molecular formula is C16H15F2NO2. The molecule has 0 aliphatic carbocycles. The third-order valence-corrected chi connectivity index (χ3v) is 3.12. The van der Waals surface area contributed by atoms with Crippen LogP contribution in [0.5, 0.6) is 0 Å². The summed E-state index contributed by atoms with van der Waals surface area (Å²) in [5.41, 5.74) is 0.885. The number of carbonyl (C=O) groups is 1. The van der Waals surface area contributed by atoms with E-state index < -0.39 is 11.8 Å². The van der Waals surface area contributed by atoms with Crippen molar-refractivity contribution >= 4 is 5.97 Å². The molecule has 2 aromatic rings. The minimum Gasteiger partial charge on any atom is -0.478 e. The molecule has 0 aromatic heterocycles. The molecule has 0 atom stereocenters. The summed E-state index contributed by atoms with van der Waals surface area (Å²) >= 11 is 0. The number of carboxylic acid groups (broad SMARTS) is 1. The first kappa shape index (κ1) is 15.1. The third-order valence-electron chi connectivity index (χ3n) is 3.12. The van der Waals surface area contributed by atoms with Gasteiger partial charge >= 0.3 is 5.97 Å². The molecule has 0 aliphatic rings. The van der Waals surface area contributed by atoms with Gasteiger partial charge in [-0.2, -0.15) is 0 Å². The van der Waals surface area contributed by atoms with Gasteiger partial charge in [0.1, 0.15) is 11.6 Å². The van der Waals surface area contributed by atoms with E-state index >= 15 is 0 Å². The Morgan fingerprint density at radius 1 is 1.10 bits per heavy atom. The number of carboxylic acids is 1. The van der Waals surface area contributed by atoms with E-state index in [1.165, 1.54) is 24.3 Å². The second-order valence-corrected chi connectivity index (χ2v) is 4.88. The van der Waals surface area contributed by atoms with E-state index in [0.29, 0.717) is 12.1 Å². The molecule has 0 unspecified atom stereocenters. The Kier molecular flexibility index (Phi) is 4.65. The number of hydrogen-bond acceptors (Lipinski definition) is 2. The van der Waals surface area contributed by atoms with Crippen molar-refractivity contribution in [2.75, 3.05) is 7.05 Å². The molecule has 0 amide bonds. The first-order valence-electron chi connectivity index (χ1n) is 6.41. The van der Waals surface area contributed by atoms with Crippen LogP contribution in [0.15, 0.2) is 42.5 Å². The maximum absolute atomic E-state index is 14.0. The molecule has 0 fully saturated rings. The van der Waals surface area contributed by atoms with E-state index in [2.05, 4.69) is 0 Å². The van der Waals surface area contributed by atoms with Crippen LogP contribution < -0.4 is 0 Å². The minimum atomic E-state index is -1.28. The van der Waals surface area contributed by atoms with Gasteiger partial charge in [0.2, 0.25) is 0 Å². The maximum Gasteiger partial charge on any atom is 0.338 e. The van der Waals surface area contributed by atoms with Crippen molar-refractivity contribution in [3.8, 4) is 0 Å².